The van der Waals surface area contributed by atoms with Crippen LogP contribution in [0.4, 0.5) is 0 Å². The standard InChI is InChI=1S/C29H21N3O2/c1-34-29(33)20-4-2-19(3-5-20)28-14-18-12-21(28)15-23-7-9-25(31-23)17-27-11-10-26(32-27)16-24-8-6-22(13-18)30-24/h2-11,13-17,30H,12H2,1H3. The second-order valence-corrected chi connectivity index (χ2v) is 8.44. The van der Waals surface area contributed by atoms with Crippen LogP contribution in [0.3, 0.4) is 0 Å². The average molecular weight is 444 g/mol. The molecule has 6 rings (SSSR count). The van der Waals surface area contributed by atoms with E-state index < -0.39 is 0 Å². The number of aromatic amines is 1. The van der Waals surface area contributed by atoms with Crippen molar-refractivity contribution in [2.24, 2.45) is 9.98 Å². The molecule has 0 spiro atoms. The van der Waals surface area contributed by atoms with Crippen LogP contribution in [0.1, 0.15) is 22.3 Å². The van der Waals surface area contributed by atoms with Gasteiger partial charge in [0.2, 0.25) is 0 Å². The molecule has 8 bridgehead atoms. The first-order chi connectivity index (χ1) is 16.6. The molecule has 3 aliphatic heterocycles. The Kier molecular flexibility index (Phi) is 4.81. The maximum Gasteiger partial charge on any atom is 0.337 e. The topological polar surface area (TPSA) is 66.8 Å². The van der Waals surface area contributed by atoms with Crippen LogP contribution >= 0.6 is 0 Å². The van der Waals surface area contributed by atoms with Gasteiger partial charge in [-0.2, -0.15) is 0 Å². The number of rotatable bonds is 2. The fraction of sp³-hybridized carbons (Fsp3) is 0.0690. The lowest BCUT2D eigenvalue weighted by Gasteiger charge is -2.06. The lowest BCUT2D eigenvalue weighted by Crippen LogP contribution is -2.10. The van der Waals surface area contributed by atoms with E-state index in [1.165, 1.54) is 18.3 Å². The molecule has 164 valence electrons. The first kappa shape index (κ1) is 20.1. The van der Waals surface area contributed by atoms with Crippen molar-refractivity contribution >= 4 is 35.1 Å². The number of nitrogens with zero attached hydrogens (tertiary/aromatic N) is 2. The molecule has 5 nitrogen and oxygen atoms in total. The molecule has 0 saturated carbocycles. The summed E-state index contributed by atoms with van der Waals surface area (Å²) in [6.07, 6.45) is 19.4. The molecule has 4 heterocycles. The minimum absolute atomic E-state index is 0.337. The van der Waals surface area contributed by atoms with Crippen LogP contribution in [0.15, 0.2) is 111 Å². The molecule has 1 aromatic carbocycles. The van der Waals surface area contributed by atoms with E-state index in [0.29, 0.717) is 5.56 Å². The van der Waals surface area contributed by atoms with Gasteiger partial charge in [-0.1, -0.05) is 18.2 Å². The molecule has 0 atom stereocenters. The second kappa shape index (κ2) is 8.12. The third kappa shape index (κ3) is 3.88. The van der Waals surface area contributed by atoms with Crippen molar-refractivity contribution in [3.8, 4) is 0 Å². The fourth-order valence-electron chi connectivity index (χ4n) is 4.44. The van der Waals surface area contributed by atoms with Crippen molar-refractivity contribution in [1.82, 2.24) is 4.98 Å². The first-order valence-corrected chi connectivity index (χ1v) is 11.1. The predicted molar refractivity (Wildman–Crippen MR) is 136 cm³/mol. The number of carbonyl (C=O) groups is 1. The van der Waals surface area contributed by atoms with Gasteiger partial charge in [0.15, 0.2) is 0 Å². The number of hydrogen-bond acceptors (Lipinski definition) is 4. The van der Waals surface area contributed by atoms with E-state index in [1.807, 2.05) is 48.6 Å². The van der Waals surface area contributed by atoms with Crippen LogP contribution < -0.4 is 10.7 Å². The summed E-state index contributed by atoms with van der Waals surface area (Å²) in [6, 6.07) is 11.7. The van der Waals surface area contributed by atoms with Gasteiger partial charge in [-0.3, -0.25) is 0 Å². The van der Waals surface area contributed by atoms with Crippen molar-refractivity contribution in [2.45, 2.75) is 6.42 Å². The molecule has 0 unspecified atom stereocenters. The van der Waals surface area contributed by atoms with E-state index in [2.05, 4.69) is 40.3 Å². The molecule has 1 N–H and O–H groups in total. The van der Waals surface area contributed by atoms with Crippen LogP contribution in [-0.2, 0) is 4.74 Å². The van der Waals surface area contributed by atoms with Gasteiger partial charge in [0.25, 0.3) is 0 Å². The zero-order valence-corrected chi connectivity index (χ0v) is 18.6. The SMILES string of the molecule is COC(=O)c1ccc(C2=C3C=C4C=CC(=N4)C=C4C=CC(=N4)C=c4ccc([nH]4)=CC(=C2)C3)cc1. The molecule has 0 fully saturated rings. The summed E-state index contributed by atoms with van der Waals surface area (Å²) in [6.45, 7) is 0. The molecule has 0 saturated heterocycles. The minimum atomic E-state index is -0.337. The maximum absolute atomic E-state index is 11.9. The van der Waals surface area contributed by atoms with E-state index in [0.717, 1.165) is 51.1 Å². The van der Waals surface area contributed by atoms with Crippen LogP contribution in [0, 0.1) is 0 Å². The van der Waals surface area contributed by atoms with Gasteiger partial charge < -0.3 is 9.72 Å². The van der Waals surface area contributed by atoms with E-state index in [9.17, 15) is 4.79 Å². The van der Waals surface area contributed by atoms with E-state index in [-0.39, 0.29) is 5.97 Å². The van der Waals surface area contributed by atoms with E-state index in [1.54, 1.807) is 12.1 Å². The molecular weight excluding hydrogens is 422 g/mol. The minimum Gasteiger partial charge on any atom is -0.465 e. The Balaban J connectivity index is 1.49. The summed E-state index contributed by atoms with van der Waals surface area (Å²) >= 11 is 0. The van der Waals surface area contributed by atoms with Gasteiger partial charge in [-0.15, -0.1) is 0 Å². The average Bonchev–Trinajstić information content (AvgIpc) is 3.64. The largest absolute Gasteiger partial charge is 0.465 e. The normalized spacial score (nSPS) is 18.0. The molecule has 2 aromatic rings. The Bertz CT molecular complexity index is 1600. The quantitative estimate of drug-likeness (QED) is 0.715. The number of fused-ring (bicyclic) bond motifs is 6. The Morgan fingerprint density at radius 1 is 0.794 bits per heavy atom. The zero-order valence-electron chi connectivity index (χ0n) is 18.6. The van der Waals surface area contributed by atoms with E-state index >= 15 is 0 Å². The summed E-state index contributed by atoms with van der Waals surface area (Å²) < 4.78 is 4.84. The summed E-state index contributed by atoms with van der Waals surface area (Å²) in [5.41, 5.74) is 8.68. The monoisotopic (exact) mass is 443 g/mol. The Morgan fingerprint density at radius 2 is 1.47 bits per heavy atom. The third-order valence-electron chi connectivity index (χ3n) is 6.05. The highest BCUT2D eigenvalue weighted by atomic mass is 16.5. The van der Waals surface area contributed by atoms with Crippen LogP contribution in [0.25, 0.3) is 17.7 Å². The Hall–Kier alpha value is -4.51. The first-order valence-electron chi connectivity index (χ1n) is 11.1. The highest BCUT2D eigenvalue weighted by Crippen LogP contribution is 2.35. The summed E-state index contributed by atoms with van der Waals surface area (Å²) in [5, 5.41) is 2.05. The number of allylic oxidation sites excluding steroid dienone is 10. The number of aromatic nitrogens is 1. The van der Waals surface area contributed by atoms with Crippen molar-refractivity contribution in [3.05, 3.63) is 123 Å². The fourth-order valence-corrected chi connectivity index (χ4v) is 4.44. The van der Waals surface area contributed by atoms with Crippen molar-refractivity contribution in [2.75, 3.05) is 7.11 Å². The van der Waals surface area contributed by atoms with Crippen LogP contribution in [0.5, 0.6) is 0 Å². The van der Waals surface area contributed by atoms with Gasteiger partial charge in [0.1, 0.15) is 0 Å². The summed E-state index contributed by atoms with van der Waals surface area (Å²) in [4.78, 5) is 24.8. The molecule has 5 heteroatoms. The molecule has 0 radical (unpaired) electrons. The van der Waals surface area contributed by atoms with Crippen molar-refractivity contribution < 1.29 is 9.53 Å². The van der Waals surface area contributed by atoms with E-state index in [4.69, 9.17) is 9.73 Å². The zero-order chi connectivity index (χ0) is 23.1. The number of aliphatic imine (C=N–C) groups is 2. The van der Waals surface area contributed by atoms with Crippen molar-refractivity contribution in [1.29, 1.82) is 0 Å². The molecule has 4 aliphatic rings. The van der Waals surface area contributed by atoms with Gasteiger partial charge >= 0.3 is 5.97 Å². The third-order valence-corrected chi connectivity index (χ3v) is 6.05. The highest BCUT2D eigenvalue weighted by Gasteiger charge is 2.17. The molecule has 1 aliphatic carbocycles. The number of benzene rings is 1. The smallest absolute Gasteiger partial charge is 0.337 e. The lowest BCUT2D eigenvalue weighted by molar-refractivity contribution is 0.0600. The predicted octanol–water partition coefficient (Wildman–Crippen LogP) is 3.95. The highest BCUT2D eigenvalue weighted by molar-refractivity contribution is 6.19. The molecule has 1 aromatic heterocycles. The van der Waals surface area contributed by atoms with Gasteiger partial charge in [-0.05, 0) is 102 Å². The van der Waals surface area contributed by atoms with Crippen molar-refractivity contribution in [3.63, 3.8) is 0 Å². The summed E-state index contributed by atoms with van der Waals surface area (Å²) in [5.74, 6) is -0.337. The van der Waals surface area contributed by atoms with Crippen LogP contribution in [-0.4, -0.2) is 29.5 Å². The second-order valence-electron chi connectivity index (χ2n) is 8.44. The number of esters is 1. The number of H-pyrrole nitrogens is 1. The number of ether oxygens (including phenoxy) is 1. The molecular formula is C29H21N3O2. The van der Waals surface area contributed by atoms with Crippen LogP contribution in [0.2, 0.25) is 0 Å². The Labute approximate surface area is 196 Å². The molecule has 0 amide bonds. The van der Waals surface area contributed by atoms with Gasteiger partial charge in [0.05, 0.1) is 35.5 Å². The summed E-state index contributed by atoms with van der Waals surface area (Å²) in [7, 11) is 1.39. The maximum atomic E-state index is 11.9. The number of carbonyl (C=O) groups excluding carboxylic acids is 1. The van der Waals surface area contributed by atoms with Gasteiger partial charge in [0, 0.05) is 10.7 Å². The number of hydrogen-bond donors (Lipinski definition) is 1. The van der Waals surface area contributed by atoms with Gasteiger partial charge in [-0.25, -0.2) is 14.8 Å². The number of nitrogens with one attached hydrogen (secondary N) is 1. The number of methoxy groups -OCH3 is 1. The molecule has 34 heavy (non-hydrogen) atoms. The Morgan fingerprint density at radius 3 is 2.21 bits per heavy atom. The lowest BCUT2D eigenvalue weighted by atomic mass is 10.0.